The molecule has 1 aliphatic heterocycles. The van der Waals surface area contributed by atoms with Crippen LogP contribution in [0, 0.1) is 17.7 Å². The van der Waals surface area contributed by atoms with Gasteiger partial charge in [-0.3, -0.25) is 9.59 Å². The fourth-order valence-electron chi connectivity index (χ4n) is 5.03. The minimum Gasteiger partial charge on any atom is -0.350 e. The Kier molecular flexibility index (Phi) is 5.13. The molecule has 1 saturated carbocycles. The maximum Gasteiger partial charge on any atom is 0.232 e. The standard InChI is InChI=1S/C28H25FN4O2/c1-17-25(31-27(34)19-7-8-19)26(18-5-3-2-4-6-18)32(28(17)35)23-13-14-24-20(15-23)16-30-33(24)22-11-9-21(29)10-12-22/h2-6,9-17,19,25-26H,7-8H2,1H3,(H,31,34)/t17-,25-,26+/m0/s1. The number of benzene rings is 3. The van der Waals surface area contributed by atoms with Crippen molar-refractivity contribution in [1.29, 1.82) is 0 Å². The first-order valence-electron chi connectivity index (χ1n) is 11.9. The number of hydrogen-bond acceptors (Lipinski definition) is 3. The number of amides is 2. The Balaban J connectivity index is 1.40. The van der Waals surface area contributed by atoms with Crippen molar-refractivity contribution in [3.63, 3.8) is 0 Å². The summed E-state index contributed by atoms with van der Waals surface area (Å²) in [5.41, 5.74) is 3.35. The van der Waals surface area contributed by atoms with Crippen LogP contribution in [0.4, 0.5) is 10.1 Å². The molecule has 0 spiro atoms. The number of nitrogens with one attached hydrogen (secondary N) is 1. The molecular weight excluding hydrogens is 443 g/mol. The molecule has 176 valence electrons. The topological polar surface area (TPSA) is 67.2 Å². The summed E-state index contributed by atoms with van der Waals surface area (Å²) >= 11 is 0. The summed E-state index contributed by atoms with van der Waals surface area (Å²) in [6, 6.07) is 21.2. The Labute approximate surface area is 202 Å². The molecule has 35 heavy (non-hydrogen) atoms. The maximum atomic E-state index is 13.6. The molecule has 7 heteroatoms. The molecule has 2 amide bonds. The summed E-state index contributed by atoms with van der Waals surface area (Å²) in [5, 5.41) is 8.54. The SMILES string of the molecule is C[C@@H]1C(=O)N(c2ccc3c(cnn3-c3ccc(F)cc3)c2)[C@H](c2ccccc2)[C@H]1NC(=O)C1CC1. The van der Waals surface area contributed by atoms with E-state index in [1.165, 1.54) is 12.1 Å². The van der Waals surface area contributed by atoms with E-state index in [2.05, 4.69) is 10.4 Å². The van der Waals surface area contributed by atoms with Crippen LogP contribution in [0.25, 0.3) is 16.6 Å². The average molecular weight is 469 g/mol. The van der Waals surface area contributed by atoms with Crippen molar-refractivity contribution < 1.29 is 14.0 Å². The van der Waals surface area contributed by atoms with E-state index in [1.54, 1.807) is 23.0 Å². The van der Waals surface area contributed by atoms with Gasteiger partial charge in [0.1, 0.15) is 5.82 Å². The Bertz CT molecular complexity index is 1410. The van der Waals surface area contributed by atoms with Gasteiger partial charge in [0, 0.05) is 17.0 Å². The fraction of sp³-hybridized carbons (Fsp3) is 0.250. The molecule has 1 aliphatic carbocycles. The number of carbonyl (C=O) groups excluding carboxylic acids is 2. The average Bonchev–Trinajstić information content (AvgIpc) is 3.61. The van der Waals surface area contributed by atoms with Crippen LogP contribution in [-0.2, 0) is 9.59 Å². The van der Waals surface area contributed by atoms with Gasteiger partial charge in [-0.1, -0.05) is 37.3 Å². The van der Waals surface area contributed by atoms with Gasteiger partial charge in [-0.15, -0.1) is 0 Å². The van der Waals surface area contributed by atoms with Gasteiger partial charge >= 0.3 is 0 Å². The van der Waals surface area contributed by atoms with E-state index < -0.39 is 0 Å². The van der Waals surface area contributed by atoms with Crippen molar-refractivity contribution in [3.8, 4) is 5.69 Å². The second kappa shape index (κ2) is 8.34. The van der Waals surface area contributed by atoms with Gasteiger partial charge in [-0.2, -0.15) is 5.10 Å². The second-order valence-electron chi connectivity index (χ2n) is 9.44. The van der Waals surface area contributed by atoms with Crippen molar-refractivity contribution >= 4 is 28.4 Å². The highest BCUT2D eigenvalue weighted by molar-refractivity contribution is 6.01. The highest BCUT2D eigenvalue weighted by Gasteiger charge is 2.48. The summed E-state index contributed by atoms with van der Waals surface area (Å²) < 4.78 is 15.1. The van der Waals surface area contributed by atoms with Crippen LogP contribution in [0.2, 0.25) is 0 Å². The van der Waals surface area contributed by atoms with Gasteiger partial charge < -0.3 is 10.2 Å². The molecule has 3 atom stereocenters. The number of aromatic nitrogens is 2. The quantitative estimate of drug-likeness (QED) is 0.458. The van der Waals surface area contributed by atoms with E-state index in [9.17, 15) is 14.0 Å². The summed E-state index contributed by atoms with van der Waals surface area (Å²) in [4.78, 5) is 28.1. The zero-order valence-corrected chi connectivity index (χ0v) is 19.3. The van der Waals surface area contributed by atoms with Crippen LogP contribution in [0.3, 0.4) is 0 Å². The first-order valence-corrected chi connectivity index (χ1v) is 11.9. The van der Waals surface area contributed by atoms with Gasteiger partial charge in [-0.05, 0) is 60.9 Å². The molecule has 0 bridgehead atoms. The van der Waals surface area contributed by atoms with Crippen LogP contribution < -0.4 is 10.2 Å². The Hall–Kier alpha value is -4.00. The molecule has 2 aliphatic rings. The number of anilines is 1. The normalized spacial score (nSPS) is 22.1. The molecule has 4 aromatic rings. The molecular formula is C28H25FN4O2. The maximum absolute atomic E-state index is 13.6. The van der Waals surface area contributed by atoms with Gasteiger partial charge in [-0.25, -0.2) is 9.07 Å². The number of carbonyl (C=O) groups is 2. The molecule has 2 fully saturated rings. The zero-order valence-electron chi connectivity index (χ0n) is 19.3. The molecule has 3 aromatic carbocycles. The third-order valence-corrected chi connectivity index (χ3v) is 7.08. The van der Waals surface area contributed by atoms with E-state index in [-0.39, 0.29) is 41.6 Å². The van der Waals surface area contributed by atoms with E-state index in [0.29, 0.717) is 0 Å². The molecule has 0 unspecified atom stereocenters. The van der Waals surface area contributed by atoms with Crippen molar-refractivity contribution in [3.05, 3.63) is 90.4 Å². The zero-order chi connectivity index (χ0) is 24.1. The lowest BCUT2D eigenvalue weighted by molar-refractivity contribution is -0.123. The second-order valence-corrected chi connectivity index (χ2v) is 9.44. The largest absolute Gasteiger partial charge is 0.350 e. The molecule has 6 rings (SSSR count). The number of hydrogen-bond donors (Lipinski definition) is 1. The first kappa shape index (κ1) is 21.5. The Morgan fingerprint density at radius 1 is 1.00 bits per heavy atom. The highest BCUT2D eigenvalue weighted by Crippen LogP contribution is 2.42. The molecule has 6 nitrogen and oxygen atoms in total. The molecule has 2 heterocycles. The predicted molar refractivity (Wildman–Crippen MR) is 132 cm³/mol. The lowest BCUT2D eigenvalue weighted by atomic mass is 9.94. The lowest BCUT2D eigenvalue weighted by Gasteiger charge is -2.29. The number of rotatable bonds is 5. The smallest absolute Gasteiger partial charge is 0.232 e. The Morgan fingerprint density at radius 3 is 2.43 bits per heavy atom. The summed E-state index contributed by atoms with van der Waals surface area (Å²) in [5.74, 6) is -0.583. The molecule has 1 aromatic heterocycles. The van der Waals surface area contributed by atoms with Crippen molar-refractivity contribution in [2.24, 2.45) is 11.8 Å². The van der Waals surface area contributed by atoms with E-state index in [4.69, 9.17) is 0 Å². The van der Waals surface area contributed by atoms with Gasteiger partial charge in [0.25, 0.3) is 0 Å². The predicted octanol–water partition coefficient (Wildman–Crippen LogP) is 4.78. The monoisotopic (exact) mass is 468 g/mol. The van der Waals surface area contributed by atoms with Crippen LogP contribution in [0.5, 0.6) is 0 Å². The lowest BCUT2D eigenvalue weighted by Crippen LogP contribution is -2.42. The van der Waals surface area contributed by atoms with E-state index in [1.807, 2.05) is 60.4 Å². The fourth-order valence-corrected chi connectivity index (χ4v) is 5.03. The highest BCUT2D eigenvalue weighted by atomic mass is 19.1. The number of halogens is 1. The van der Waals surface area contributed by atoms with Crippen LogP contribution in [-0.4, -0.2) is 27.6 Å². The van der Waals surface area contributed by atoms with Gasteiger partial charge in [0.05, 0.1) is 35.4 Å². The van der Waals surface area contributed by atoms with Gasteiger partial charge in [0.2, 0.25) is 11.8 Å². The van der Waals surface area contributed by atoms with Crippen LogP contribution in [0.15, 0.2) is 79.0 Å². The minimum absolute atomic E-state index is 0.0229. The molecule has 1 saturated heterocycles. The summed E-state index contributed by atoms with van der Waals surface area (Å²) in [6.07, 6.45) is 3.57. The third-order valence-electron chi connectivity index (χ3n) is 7.08. The third kappa shape index (κ3) is 3.77. The first-order chi connectivity index (χ1) is 17.0. The van der Waals surface area contributed by atoms with Crippen molar-refractivity contribution in [2.75, 3.05) is 4.90 Å². The van der Waals surface area contributed by atoms with E-state index in [0.717, 1.165) is 40.7 Å². The number of nitrogens with zero attached hydrogens (tertiary/aromatic N) is 3. The van der Waals surface area contributed by atoms with E-state index >= 15 is 0 Å². The Morgan fingerprint density at radius 2 is 1.71 bits per heavy atom. The number of fused-ring (bicyclic) bond motifs is 1. The van der Waals surface area contributed by atoms with Crippen LogP contribution in [0.1, 0.15) is 31.4 Å². The molecule has 0 radical (unpaired) electrons. The summed E-state index contributed by atoms with van der Waals surface area (Å²) in [6.45, 7) is 1.89. The van der Waals surface area contributed by atoms with Crippen LogP contribution >= 0.6 is 0 Å². The van der Waals surface area contributed by atoms with Crippen molar-refractivity contribution in [2.45, 2.75) is 31.8 Å². The van der Waals surface area contributed by atoms with Crippen molar-refractivity contribution in [1.82, 2.24) is 15.1 Å². The minimum atomic E-state index is -0.361. The summed E-state index contributed by atoms with van der Waals surface area (Å²) in [7, 11) is 0. The van der Waals surface area contributed by atoms with Gasteiger partial charge in [0.15, 0.2) is 0 Å². The molecule has 1 N–H and O–H groups in total.